The molecule has 2 aliphatic heterocycles. The molecular formula is C52H84N8O10. The van der Waals surface area contributed by atoms with Crippen LogP contribution < -0.4 is 21.5 Å². The van der Waals surface area contributed by atoms with Crippen LogP contribution in [0.25, 0.3) is 0 Å². The number of likely N-dealkylation sites (tertiary alicyclic amines) is 1. The Morgan fingerprint density at radius 3 is 1.94 bits per heavy atom. The molecule has 392 valence electrons. The maximum absolute atomic E-state index is 14.3. The van der Waals surface area contributed by atoms with E-state index < -0.39 is 42.0 Å². The first kappa shape index (κ1) is 59.3. The number of unbranched alkanes of at least 4 members (excludes halogenated alkanes) is 2. The van der Waals surface area contributed by atoms with Crippen molar-refractivity contribution in [3.05, 3.63) is 48.0 Å². The van der Waals surface area contributed by atoms with Crippen molar-refractivity contribution in [2.24, 2.45) is 23.7 Å². The van der Waals surface area contributed by atoms with Crippen molar-refractivity contribution in [2.45, 2.75) is 155 Å². The van der Waals surface area contributed by atoms with Gasteiger partial charge in [-0.05, 0) is 82.5 Å². The maximum atomic E-state index is 14.3. The Balaban J connectivity index is 1.57. The highest BCUT2D eigenvalue weighted by atomic mass is 16.5. The Morgan fingerprint density at radius 2 is 1.37 bits per heavy atom. The van der Waals surface area contributed by atoms with Gasteiger partial charge in [-0.15, -0.1) is 0 Å². The molecule has 8 atom stereocenters. The lowest BCUT2D eigenvalue weighted by molar-refractivity contribution is -0.144. The molecule has 0 saturated carbocycles. The molecular weight excluding hydrogens is 897 g/mol. The van der Waals surface area contributed by atoms with E-state index in [9.17, 15) is 38.4 Å². The van der Waals surface area contributed by atoms with Gasteiger partial charge >= 0.3 is 0 Å². The van der Waals surface area contributed by atoms with Crippen molar-refractivity contribution in [3.63, 3.8) is 0 Å². The van der Waals surface area contributed by atoms with E-state index in [0.717, 1.165) is 23.3 Å². The lowest BCUT2D eigenvalue weighted by Gasteiger charge is -2.43. The summed E-state index contributed by atoms with van der Waals surface area (Å²) in [7, 11) is 6.78. The Kier molecular flexibility index (Phi) is 25.4. The lowest BCUT2D eigenvalue weighted by atomic mass is 9.87. The van der Waals surface area contributed by atoms with Crippen molar-refractivity contribution in [1.82, 2.24) is 41.1 Å². The lowest BCUT2D eigenvalue weighted by Crippen LogP contribution is -2.60. The predicted molar refractivity (Wildman–Crippen MR) is 267 cm³/mol. The third-order valence-electron chi connectivity index (χ3n) is 13.9. The van der Waals surface area contributed by atoms with Gasteiger partial charge in [-0.3, -0.25) is 69.2 Å². The van der Waals surface area contributed by atoms with E-state index in [4.69, 9.17) is 9.47 Å². The van der Waals surface area contributed by atoms with Crippen LogP contribution in [0.4, 0.5) is 0 Å². The molecule has 18 nitrogen and oxygen atoms in total. The molecule has 2 heterocycles. The van der Waals surface area contributed by atoms with E-state index >= 15 is 0 Å². The van der Waals surface area contributed by atoms with E-state index in [1.54, 1.807) is 21.3 Å². The van der Waals surface area contributed by atoms with Crippen LogP contribution in [0.15, 0.2) is 42.5 Å². The molecule has 0 radical (unpaired) electrons. The van der Waals surface area contributed by atoms with Gasteiger partial charge in [0.1, 0.15) is 0 Å². The summed E-state index contributed by atoms with van der Waals surface area (Å²) in [4.78, 5) is 111. The molecule has 1 saturated heterocycles. The van der Waals surface area contributed by atoms with Crippen LogP contribution in [-0.4, -0.2) is 158 Å². The summed E-state index contributed by atoms with van der Waals surface area (Å²) < 4.78 is 12.1. The average Bonchev–Trinajstić information content (AvgIpc) is 3.93. The first-order valence-electron chi connectivity index (χ1n) is 25.3. The molecule has 2 aliphatic rings. The molecule has 18 heteroatoms. The number of hydrogen-bond acceptors (Lipinski definition) is 12. The average molecular weight is 981 g/mol. The van der Waals surface area contributed by atoms with E-state index in [0.29, 0.717) is 64.7 Å². The molecule has 4 N–H and O–H groups in total. The molecule has 8 amide bonds. The van der Waals surface area contributed by atoms with E-state index in [-0.39, 0.29) is 84.5 Å². The standard InChI is InChI=1S/C52H84N8O10/c1-12-36(6)48(40(69-10)33-45(65)59-32-19-23-39(59)49(70-11)37(7)50(66)53-29-28-38-21-15-13-16-22-38)58(9)47(35(4)5)52(68)54-51(67)46(34(2)3)57(8)30-20-25-42(62)56-55-41(61)24-17-14-18-31-60-43(63)26-27-44(60)64/h13,15-16,21-22,26-27,34-37,39-40,46-49H,12,14,17-20,23-25,28-33H2,1-11H3,(H,53,66)(H,55,61)(H,56,62)(H,54,67,68)/t36-,37+,39-,40+,46-,47-,48-,49+/m0/s1. The predicted octanol–water partition coefficient (Wildman–Crippen LogP) is 3.78. The summed E-state index contributed by atoms with van der Waals surface area (Å²) in [6.07, 6.45) is 6.66. The second-order valence-electron chi connectivity index (χ2n) is 19.7. The minimum Gasteiger partial charge on any atom is -0.379 e. The number of hydrogen-bond donors (Lipinski definition) is 4. The van der Waals surface area contributed by atoms with Gasteiger partial charge in [0.05, 0.1) is 42.7 Å². The number of amides is 8. The molecule has 0 aliphatic carbocycles. The maximum Gasteiger partial charge on any atom is 0.253 e. The zero-order valence-corrected chi connectivity index (χ0v) is 43.8. The number of methoxy groups -OCH3 is 2. The molecule has 1 aromatic rings. The second-order valence-corrected chi connectivity index (χ2v) is 19.7. The van der Waals surface area contributed by atoms with Crippen molar-refractivity contribution in [1.29, 1.82) is 0 Å². The van der Waals surface area contributed by atoms with Crippen molar-refractivity contribution in [3.8, 4) is 0 Å². The first-order chi connectivity index (χ1) is 33.3. The number of nitrogens with zero attached hydrogens (tertiary/aromatic N) is 4. The van der Waals surface area contributed by atoms with Gasteiger partial charge in [-0.2, -0.15) is 0 Å². The van der Waals surface area contributed by atoms with Crippen LogP contribution in [-0.2, 0) is 54.3 Å². The van der Waals surface area contributed by atoms with E-state index in [1.807, 2.05) is 86.7 Å². The number of carbonyl (C=O) groups excluding carboxylic acids is 8. The molecule has 0 aromatic heterocycles. The summed E-state index contributed by atoms with van der Waals surface area (Å²) >= 11 is 0. The number of rotatable bonds is 30. The Labute approximate surface area is 416 Å². The van der Waals surface area contributed by atoms with Gasteiger partial charge in [0.2, 0.25) is 35.4 Å². The summed E-state index contributed by atoms with van der Waals surface area (Å²) in [5, 5.41) is 5.76. The summed E-state index contributed by atoms with van der Waals surface area (Å²) in [5.74, 6) is -3.50. The highest BCUT2D eigenvalue weighted by Gasteiger charge is 2.43. The minimum absolute atomic E-state index is 0.0102. The fourth-order valence-corrected chi connectivity index (χ4v) is 10.0. The largest absolute Gasteiger partial charge is 0.379 e. The quantitative estimate of drug-likeness (QED) is 0.0493. The molecule has 0 spiro atoms. The van der Waals surface area contributed by atoms with Gasteiger partial charge in [0.15, 0.2) is 0 Å². The Bertz CT molecular complexity index is 1900. The van der Waals surface area contributed by atoms with Crippen molar-refractivity contribution < 1.29 is 47.8 Å². The summed E-state index contributed by atoms with van der Waals surface area (Å²) in [5.41, 5.74) is 5.98. The third-order valence-corrected chi connectivity index (χ3v) is 13.9. The number of nitrogens with one attached hydrogen (secondary N) is 4. The topological polar surface area (TPSA) is 216 Å². The number of likely N-dealkylation sites (N-methyl/N-ethyl adjacent to an activating group) is 2. The smallest absolute Gasteiger partial charge is 0.253 e. The minimum atomic E-state index is -0.754. The highest BCUT2D eigenvalue weighted by Crippen LogP contribution is 2.30. The van der Waals surface area contributed by atoms with Crippen LogP contribution >= 0.6 is 0 Å². The van der Waals surface area contributed by atoms with Gasteiger partial charge in [-0.1, -0.05) is 91.6 Å². The van der Waals surface area contributed by atoms with Gasteiger partial charge in [-0.25, -0.2) is 0 Å². The zero-order chi connectivity index (χ0) is 52.1. The zero-order valence-electron chi connectivity index (χ0n) is 43.8. The normalized spacial score (nSPS) is 18.0. The highest BCUT2D eigenvalue weighted by molar-refractivity contribution is 6.12. The molecule has 70 heavy (non-hydrogen) atoms. The Hall–Kier alpha value is -5.04. The fourth-order valence-electron chi connectivity index (χ4n) is 10.0. The van der Waals surface area contributed by atoms with Gasteiger partial charge < -0.3 is 19.7 Å². The SMILES string of the molecule is CC[C@H](C)[C@@H]([C@@H](CC(=O)N1CCC[C@H]1[C@H](OC)[C@@H](C)C(=O)NCCc1ccccc1)OC)N(C)[C@H](C(=O)NC(=O)[C@H](C(C)C)N(C)CCCC(=O)NNC(=O)CCCCCN1C(=O)C=CC1=O)C(C)C. The summed E-state index contributed by atoms with van der Waals surface area (Å²) in [6, 6.07) is 7.82. The molecule has 1 fully saturated rings. The van der Waals surface area contributed by atoms with Crippen LogP contribution in [0, 0.1) is 23.7 Å². The monoisotopic (exact) mass is 981 g/mol. The molecule has 1 aromatic carbocycles. The van der Waals surface area contributed by atoms with Crippen LogP contribution in [0.2, 0.25) is 0 Å². The van der Waals surface area contributed by atoms with Gasteiger partial charge in [0.25, 0.3) is 11.8 Å². The Morgan fingerprint density at radius 1 is 0.771 bits per heavy atom. The first-order valence-corrected chi connectivity index (χ1v) is 25.3. The van der Waals surface area contributed by atoms with E-state index in [2.05, 4.69) is 35.3 Å². The molecule has 0 unspecified atom stereocenters. The number of carbonyl (C=O) groups is 8. The number of benzene rings is 1. The van der Waals surface area contributed by atoms with E-state index in [1.165, 1.54) is 12.2 Å². The molecule has 3 rings (SSSR count). The molecule has 0 bridgehead atoms. The number of imide groups is 2. The van der Waals surface area contributed by atoms with Crippen LogP contribution in [0.1, 0.15) is 118 Å². The summed E-state index contributed by atoms with van der Waals surface area (Å²) in [6.45, 7) is 15.3. The number of hydrazine groups is 1. The fraction of sp³-hybridized carbons (Fsp3) is 0.692. The van der Waals surface area contributed by atoms with Crippen molar-refractivity contribution in [2.75, 3.05) is 54.5 Å². The van der Waals surface area contributed by atoms with Crippen molar-refractivity contribution >= 4 is 47.3 Å². The second kappa shape index (κ2) is 30.0. The third kappa shape index (κ3) is 17.7. The van der Waals surface area contributed by atoms with Gasteiger partial charge in [0, 0.05) is 64.9 Å². The van der Waals surface area contributed by atoms with Crippen LogP contribution in [0.3, 0.4) is 0 Å². The number of ether oxygens (including phenoxy) is 2. The van der Waals surface area contributed by atoms with Crippen LogP contribution in [0.5, 0.6) is 0 Å².